The fraction of sp³-hybridized carbons (Fsp3) is 0.200. The van der Waals surface area contributed by atoms with Gasteiger partial charge in [-0.1, -0.05) is 35.0 Å². The van der Waals surface area contributed by atoms with E-state index < -0.39 is 10.0 Å². The van der Waals surface area contributed by atoms with Crippen molar-refractivity contribution < 1.29 is 0 Å². The minimum atomic E-state index is -0.984. The van der Waals surface area contributed by atoms with Crippen LogP contribution in [0.2, 0.25) is 5.02 Å². The van der Waals surface area contributed by atoms with Crippen molar-refractivity contribution in [1.29, 1.82) is 0 Å². The van der Waals surface area contributed by atoms with Crippen LogP contribution in [0.25, 0.3) is 22.6 Å². The van der Waals surface area contributed by atoms with Crippen LogP contribution in [-0.2, 0) is 6.54 Å². The summed E-state index contributed by atoms with van der Waals surface area (Å²) in [5.74, 6) is 0. The number of imidazole rings is 1. The summed E-state index contributed by atoms with van der Waals surface area (Å²) < 4.78 is 2.01. The summed E-state index contributed by atoms with van der Waals surface area (Å²) in [6.45, 7) is 0.660. The third-order valence-electron chi connectivity index (χ3n) is 4.37. The predicted octanol–water partition coefficient (Wildman–Crippen LogP) is 4.48. The molecule has 6 nitrogen and oxygen atoms in total. The monoisotopic (exact) mass is 412 g/mol. The number of pyridine rings is 1. The van der Waals surface area contributed by atoms with Gasteiger partial charge in [0.2, 0.25) is 0 Å². The second kappa shape index (κ2) is 7.41. The molecule has 0 bridgehead atoms. The van der Waals surface area contributed by atoms with E-state index in [9.17, 15) is 0 Å². The lowest BCUT2D eigenvalue weighted by Crippen LogP contribution is -1.97. The van der Waals surface area contributed by atoms with Gasteiger partial charge in [0.15, 0.2) is 0 Å². The Labute approximate surface area is 170 Å². The van der Waals surface area contributed by atoms with Gasteiger partial charge in [0, 0.05) is 29.5 Å². The Morgan fingerprint density at radius 3 is 2.68 bits per heavy atom. The average molecular weight is 413 g/mol. The minimum Gasteiger partial charge on any atom is -0.332 e. The van der Waals surface area contributed by atoms with Crippen LogP contribution in [0.15, 0.2) is 60.1 Å². The predicted molar refractivity (Wildman–Crippen MR) is 115 cm³/mol. The first-order chi connectivity index (χ1) is 13.4. The zero-order valence-electron chi connectivity index (χ0n) is 15.9. The van der Waals surface area contributed by atoms with Crippen molar-refractivity contribution in [2.45, 2.75) is 11.6 Å². The standard InChI is InChI=1S/C20H21ClN6S/c1-28(2,3)20-19(24-26-25-20)14-8-9-22-17(10-14)18-12-27(13-23-18)11-15-6-4-5-7-16(15)21/h4-10,12-13H,11H2,1-3H3,(H,24,25,26). The molecule has 0 aliphatic heterocycles. The summed E-state index contributed by atoms with van der Waals surface area (Å²) in [7, 11) is -0.984. The van der Waals surface area contributed by atoms with E-state index in [1.165, 1.54) is 0 Å². The molecule has 0 saturated carbocycles. The first-order valence-electron chi connectivity index (χ1n) is 8.73. The number of halogens is 1. The van der Waals surface area contributed by atoms with Crippen molar-refractivity contribution in [3.8, 4) is 22.6 Å². The fourth-order valence-electron chi connectivity index (χ4n) is 2.95. The molecule has 0 radical (unpaired) electrons. The van der Waals surface area contributed by atoms with Gasteiger partial charge in [0.1, 0.15) is 16.4 Å². The van der Waals surface area contributed by atoms with Gasteiger partial charge in [-0.25, -0.2) is 15.0 Å². The Kier molecular flexibility index (Phi) is 4.95. The molecule has 0 saturated heterocycles. The molecule has 0 aliphatic carbocycles. The number of hydrogen-bond acceptors (Lipinski definition) is 4. The second-order valence-electron chi connectivity index (χ2n) is 7.28. The number of rotatable bonds is 5. The average Bonchev–Trinajstić information content (AvgIpc) is 3.33. The maximum atomic E-state index is 6.27. The van der Waals surface area contributed by atoms with Crippen LogP contribution < -0.4 is 0 Å². The molecule has 1 N–H and O–H groups in total. The van der Waals surface area contributed by atoms with Gasteiger partial charge in [-0.05, 0) is 42.5 Å². The summed E-state index contributed by atoms with van der Waals surface area (Å²) in [6, 6.07) is 11.8. The molecule has 0 amide bonds. The molecule has 144 valence electrons. The minimum absolute atomic E-state index is 0.660. The van der Waals surface area contributed by atoms with Crippen LogP contribution in [-0.4, -0.2) is 48.7 Å². The number of hydrogen-bond donors (Lipinski definition) is 1. The van der Waals surface area contributed by atoms with Gasteiger partial charge in [0.05, 0.1) is 12.0 Å². The Hall–Kier alpha value is -2.64. The summed E-state index contributed by atoms with van der Waals surface area (Å²) in [5, 5.41) is 13.2. The molecular formula is C20H21ClN6S. The lowest BCUT2D eigenvalue weighted by molar-refractivity contribution is 0.798. The number of aromatic amines is 1. The van der Waals surface area contributed by atoms with Crippen LogP contribution in [0.4, 0.5) is 0 Å². The quantitative estimate of drug-likeness (QED) is 0.524. The highest BCUT2D eigenvalue weighted by molar-refractivity contribution is 8.32. The van der Waals surface area contributed by atoms with Crippen LogP contribution in [0.5, 0.6) is 0 Å². The molecule has 0 aliphatic rings. The Morgan fingerprint density at radius 1 is 1.07 bits per heavy atom. The Balaban J connectivity index is 1.64. The van der Waals surface area contributed by atoms with E-state index in [0.717, 1.165) is 38.3 Å². The summed E-state index contributed by atoms with van der Waals surface area (Å²) in [4.78, 5) is 9.02. The van der Waals surface area contributed by atoms with Crippen LogP contribution in [0.3, 0.4) is 0 Å². The van der Waals surface area contributed by atoms with E-state index in [1.807, 2.05) is 47.2 Å². The van der Waals surface area contributed by atoms with Crippen molar-refractivity contribution in [1.82, 2.24) is 29.9 Å². The van der Waals surface area contributed by atoms with Crippen molar-refractivity contribution in [2.75, 3.05) is 18.8 Å². The topological polar surface area (TPSA) is 72.3 Å². The van der Waals surface area contributed by atoms with Gasteiger partial charge < -0.3 is 4.57 Å². The Bertz CT molecular complexity index is 1110. The Morgan fingerprint density at radius 2 is 1.89 bits per heavy atom. The van der Waals surface area contributed by atoms with E-state index >= 15 is 0 Å². The zero-order chi connectivity index (χ0) is 19.7. The highest BCUT2D eigenvalue weighted by atomic mass is 35.5. The highest BCUT2D eigenvalue weighted by Gasteiger charge is 2.19. The molecule has 4 aromatic rings. The first kappa shape index (κ1) is 18.7. The second-order valence-corrected chi connectivity index (χ2v) is 11.8. The smallest absolute Gasteiger partial charge is 0.125 e. The lowest BCUT2D eigenvalue weighted by Gasteiger charge is -2.23. The van der Waals surface area contributed by atoms with Crippen molar-refractivity contribution >= 4 is 21.6 Å². The molecule has 0 fully saturated rings. The third-order valence-corrected chi connectivity index (χ3v) is 6.25. The van der Waals surface area contributed by atoms with Gasteiger partial charge in [0.25, 0.3) is 0 Å². The van der Waals surface area contributed by atoms with E-state index in [-0.39, 0.29) is 0 Å². The summed E-state index contributed by atoms with van der Waals surface area (Å²) >= 11 is 6.27. The molecule has 1 aromatic carbocycles. The highest BCUT2D eigenvalue weighted by Crippen LogP contribution is 2.47. The first-order valence-corrected chi connectivity index (χ1v) is 12.0. The third kappa shape index (κ3) is 3.81. The van der Waals surface area contributed by atoms with Gasteiger partial charge in [-0.2, -0.15) is 0 Å². The van der Waals surface area contributed by atoms with E-state index in [2.05, 4.69) is 44.1 Å². The van der Waals surface area contributed by atoms with Crippen molar-refractivity contribution in [2.24, 2.45) is 0 Å². The van der Waals surface area contributed by atoms with Crippen LogP contribution >= 0.6 is 21.6 Å². The largest absolute Gasteiger partial charge is 0.332 e. The summed E-state index contributed by atoms with van der Waals surface area (Å²) in [5.41, 5.74) is 4.52. The van der Waals surface area contributed by atoms with Gasteiger partial charge in [-0.15, -0.1) is 5.10 Å². The van der Waals surface area contributed by atoms with Gasteiger partial charge in [-0.3, -0.25) is 10.1 Å². The molecule has 28 heavy (non-hydrogen) atoms. The van der Waals surface area contributed by atoms with Crippen molar-refractivity contribution in [3.63, 3.8) is 0 Å². The molecule has 0 atom stereocenters. The SMILES string of the molecule is CS(C)(C)c1[nH]nnc1-c1ccnc(-c2cn(Cc3ccccc3Cl)cn2)c1. The number of benzene rings is 1. The number of nitrogens with one attached hydrogen (secondary N) is 1. The maximum absolute atomic E-state index is 6.27. The summed E-state index contributed by atoms with van der Waals surface area (Å²) in [6.07, 6.45) is 12.2. The van der Waals surface area contributed by atoms with E-state index in [4.69, 9.17) is 11.6 Å². The number of H-pyrrole nitrogens is 1. The molecular weight excluding hydrogens is 392 g/mol. The maximum Gasteiger partial charge on any atom is 0.125 e. The molecule has 3 aromatic heterocycles. The molecule has 0 unspecified atom stereocenters. The molecule has 4 rings (SSSR count). The number of aromatic nitrogens is 6. The lowest BCUT2D eigenvalue weighted by atomic mass is 10.1. The van der Waals surface area contributed by atoms with E-state index in [0.29, 0.717) is 6.54 Å². The van der Waals surface area contributed by atoms with E-state index in [1.54, 1.807) is 12.5 Å². The molecule has 3 heterocycles. The normalized spacial score (nSPS) is 12.3. The number of nitrogens with zero attached hydrogens (tertiary/aromatic N) is 5. The molecule has 0 spiro atoms. The van der Waals surface area contributed by atoms with Gasteiger partial charge >= 0.3 is 0 Å². The van der Waals surface area contributed by atoms with Crippen LogP contribution in [0.1, 0.15) is 5.56 Å². The van der Waals surface area contributed by atoms with Crippen molar-refractivity contribution in [3.05, 3.63) is 65.7 Å². The fourth-order valence-corrected chi connectivity index (χ4v) is 4.20. The van der Waals surface area contributed by atoms with Crippen LogP contribution in [0, 0.1) is 0 Å². The zero-order valence-corrected chi connectivity index (χ0v) is 17.5. The molecule has 8 heteroatoms.